The van der Waals surface area contributed by atoms with Crippen molar-refractivity contribution in [1.82, 2.24) is 14.3 Å². The summed E-state index contributed by atoms with van der Waals surface area (Å²) in [7, 11) is 1.96. The highest BCUT2D eigenvalue weighted by atomic mass is 32.1. The Kier molecular flexibility index (Phi) is 4.17. The van der Waals surface area contributed by atoms with Gasteiger partial charge in [0.1, 0.15) is 5.69 Å². The largest absolute Gasteiger partial charge is 0.319 e. The number of amides is 1. The maximum absolute atomic E-state index is 12.6. The monoisotopic (exact) mass is 328 g/mol. The number of carbonyl (C=O) groups excluding carboxylic acids is 1. The molecule has 0 atom stereocenters. The zero-order valence-electron chi connectivity index (χ0n) is 13.8. The fraction of sp³-hybridized carbons (Fsp3) is 0.353. The average Bonchev–Trinajstić information content (AvgIpc) is 3.08. The summed E-state index contributed by atoms with van der Waals surface area (Å²) in [5.41, 5.74) is 3.80. The molecule has 2 aromatic heterocycles. The summed E-state index contributed by atoms with van der Waals surface area (Å²) in [4.78, 5) is 17.6. The number of hydrogen-bond acceptors (Lipinski definition) is 3. The van der Waals surface area contributed by atoms with Gasteiger partial charge in [-0.2, -0.15) is 10.1 Å². The summed E-state index contributed by atoms with van der Waals surface area (Å²) in [5.74, 6) is -0.243. The number of aryl methyl sites for hydroxylation is 4. The van der Waals surface area contributed by atoms with Crippen molar-refractivity contribution in [3.63, 3.8) is 0 Å². The van der Waals surface area contributed by atoms with E-state index < -0.39 is 0 Å². The quantitative estimate of drug-likeness (QED) is 0.742. The van der Waals surface area contributed by atoms with Crippen molar-refractivity contribution < 1.29 is 4.79 Å². The van der Waals surface area contributed by atoms with Crippen molar-refractivity contribution in [2.24, 2.45) is 12.0 Å². The summed E-state index contributed by atoms with van der Waals surface area (Å²) in [5, 5.41) is 4.32. The Morgan fingerprint density at radius 2 is 2.13 bits per heavy atom. The van der Waals surface area contributed by atoms with Gasteiger partial charge in [-0.3, -0.25) is 9.48 Å². The molecule has 0 radical (unpaired) electrons. The van der Waals surface area contributed by atoms with Crippen molar-refractivity contribution in [3.05, 3.63) is 46.0 Å². The van der Waals surface area contributed by atoms with Crippen LogP contribution in [0.1, 0.15) is 35.6 Å². The second kappa shape index (κ2) is 6.12. The summed E-state index contributed by atoms with van der Waals surface area (Å²) in [6.07, 6.45) is 0.955. The number of fused-ring (bicyclic) bond motifs is 1. The first-order chi connectivity index (χ1) is 11.0. The molecule has 0 saturated carbocycles. The van der Waals surface area contributed by atoms with Gasteiger partial charge in [-0.25, -0.2) is 0 Å². The number of aromatic nitrogens is 3. The van der Waals surface area contributed by atoms with Crippen LogP contribution in [0.4, 0.5) is 0 Å². The van der Waals surface area contributed by atoms with E-state index in [2.05, 4.69) is 35.2 Å². The van der Waals surface area contributed by atoms with Crippen LogP contribution in [-0.4, -0.2) is 20.3 Å². The molecule has 0 bridgehead atoms. The van der Waals surface area contributed by atoms with Gasteiger partial charge in [-0.05, 0) is 38.0 Å². The zero-order chi connectivity index (χ0) is 16.6. The minimum absolute atomic E-state index is 0.243. The van der Waals surface area contributed by atoms with Crippen LogP contribution in [0.3, 0.4) is 0 Å². The molecular formula is C17H20N4OS. The smallest absolute Gasteiger partial charge is 0.297 e. The molecule has 6 heteroatoms. The average molecular weight is 328 g/mol. The third kappa shape index (κ3) is 2.74. The SMILES string of the molecule is CCc1cccc2sc(=NC(=O)c3cc(C)nn3CC)n(C)c12. The van der Waals surface area contributed by atoms with Gasteiger partial charge >= 0.3 is 0 Å². The van der Waals surface area contributed by atoms with E-state index in [-0.39, 0.29) is 5.91 Å². The highest BCUT2D eigenvalue weighted by Gasteiger charge is 2.14. The van der Waals surface area contributed by atoms with Crippen molar-refractivity contribution in [2.45, 2.75) is 33.7 Å². The van der Waals surface area contributed by atoms with E-state index in [1.165, 1.54) is 5.56 Å². The summed E-state index contributed by atoms with van der Waals surface area (Å²) >= 11 is 1.54. The molecule has 0 unspecified atom stereocenters. The van der Waals surface area contributed by atoms with Crippen LogP contribution < -0.4 is 4.80 Å². The lowest BCUT2D eigenvalue weighted by molar-refractivity contribution is 0.0988. The number of carbonyl (C=O) groups is 1. The third-order valence-electron chi connectivity index (χ3n) is 3.91. The second-order valence-electron chi connectivity index (χ2n) is 5.46. The molecule has 120 valence electrons. The van der Waals surface area contributed by atoms with Gasteiger partial charge in [-0.1, -0.05) is 30.4 Å². The van der Waals surface area contributed by atoms with Crippen LogP contribution in [0.25, 0.3) is 10.2 Å². The molecule has 0 N–H and O–H groups in total. The van der Waals surface area contributed by atoms with E-state index in [0.29, 0.717) is 17.0 Å². The lowest BCUT2D eigenvalue weighted by atomic mass is 10.1. The van der Waals surface area contributed by atoms with Crippen LogP contribution in [0.2, 0.25) is 0 Å². The first-order valence-corrected chi connectivity index (χ1v) is 8.57. The number of nitrogens with zero attached hydrogens (tertiary/aromatic N) is 4. The maximum atomic E-state index is 12.6. The minimum atomic E-state index is -0.243. The Labute approximate surface area is 138 Å². The van der Waals surface area contributed by atoms with Crippen molar-refractivity contribution in [3.8, 4) is 0 Å². The molecule has 2 heterocycles. The lowest BCUT2D eigenvalue weighted by Gasteiger charge is -2.02. The maximum Gasteiger partial charge on any atom is 0.297 e. The molecule has 0 aliphatic rings. The number of hydrogen-bond donors (Lipinski definition) is 0. The Bertz CT molecular complexity index is 945. The standard InChI is InChI=1S/C17H20N4OS/c1-5-12-8-7-9-14-15(12)20(4)17(23-14)18-16(22)13-10-11(3)19-21(13)6-2/h7-10H,5-6H2,1-4H3. The van der Waals surface area contributed by atoms with E-state index in [1.54, 1.807) is 22.1 Å². The van der Waals surface area contributed by atoms with Gasteiger partial charge in [0.05, 0.1) is 15.9 Å². The predicted octanol–water partition coefficient (Wildman–Crippen LogP) is 3.07. The fourth-order valence-corrected chi connectivity index (χ4v) is 3.84. The molecule has 0 fully saturated rings. The van der Waals surface area contributed by atoms with E-state index in [1.807, 2.05) is 25.5 Å². The minimum Gasteiger partial charge on any atom is -0.319 e. The molecule has 0 saturated heterocycles. The molecule has 0 spiro atoms. The van der Waals surface area contributed by atoms with Gasteiger partial charge in [0, 0.05) is 13.6 Å². The van der Waals surface area contributed by atoms with Gasteiger partial charge in [0.15, 0.2) is 4.80 Å². The summed E-state index contributed by atoms with van der Waals surface area (Å²) < 4.78 is 4.86. The van der Waals surface area contributed by atoms with E-state index in [9.17, 15) is 4.79 Å². The van der Waals surface area contributed by atoms with Gasteiger partial charge in [0.25, 0.3) is 5.91 Å². The molecular weight excluding hydrogens is 308 g/mol. The van der Waals surface area contributed by atoms with Crippen molar-refractivity contribution >= 4 is 27.5 Å². The van der Waals surface area contributed by atoms with Crippen LogP contribution >= 0.6 is 11.3 Å². The highest BCUT2D eigenvalue weighted by molar-refractivity contribution is 7.16. The Hall–Kier alpha value is -2.21. The Balaban J connectivity index is 2.14. The molecule has 1 amide bonds. The topological polar surface area (TPSA) is 52.2 Å². The first-order valence-electron chi connectivity index (χ1n) is 7.76. The molecule has 0 aliphatic carbocycles. The van der Waals surface area contributed by atoms with E-state index in [0.717, 1.165) is 22.3 Å². The number of benzene rings is 1. The number of thiazole rings is 1. The van der Waals surface area contributed by atoms with Gasteiger partial charge < -0.3 is 4.57 Å². The van der Waals surface area contributed by atoms with Crippen molar-refractivity contribution in [1.29, 1.82) is 0 Å². The van der Waals surface area contributed by atoms with Crippen LogP contribution in [-0.2, 0) is 20.0 Å². The molecule has 0 aliphatic heterocycles. The molecule has 3 rings (SSSR count). The fourth-order valence-electron chi connectivity index (χ4n) is 2.78. The predicted molar refractivity (Wildman–Crippen MR) is 92.7 cm³/mol. The van der Waals surface area contributed by atoms with E-state index in [4.69, 9.17) is 0 Å². The Morgan fingerprint density at radius 1 is 1.35 bits per heavy atom. The number of para-hydroxylation sites is 1. The molecule has 5 nitrogen and oxygen atoms in total. The van der Waals surface area contributed by atoms with Crippen molar-refractivity contribution in [2.75, 3.05) is 0 Å². The second-order valence-corrected chi connectivity index (χ2v) is 6.47. The van der Waals surface area contributed by atoms with Gasteiger partial charge in [0.2, 0.25) is 0 Å². The normalized spacial score (nSPS) is 12.3. The lowest BCUT2D eigenvalue weighted by Crippen LogP contribution is -2.16. The molecule has 1 aromatic carbocycles. The van der Waals surface area contributed by atoms with Gasteiger partial charge in [-0.15, -0.1) is 0 Å². The summed E-state index contributed by atoms with van der Waals surface area (Å²) in [6, 6.07) is 8.04. The van der Waals surface area contributed by atoms with Crippen LogP contribution in [0, 0.1) is 6.92 Å². The number of rotatable bonds is 3. The Morgan fingerprint density at radius 3 is 2.83 bits per heavy atom. The first kappa shape index (κ1) is 15.7. The van der Waals surface area contributed by atoms with Crippen LogP contribution in [0.5, 0.6) is 0 Å². The highest BCUT2D eigenvalue weighted by Crippen LogP contribution is 2.21. The molecule has 23 heavy (non-hydrogen) atoms. The summed E-state index contributed by atoms with van der Waals surface area (Å²) in [6.45, 7) is 6.64. The zero-order valence-corrected chi connectivity index (χ0v) is 14.6. The third-order valence-corrected chi connectivity index (χ3v) is 5.00. The van der Waals surface area contributed by atoms with Crippen LogP contribution in [0.15, 0.2) is 29.3 Å². The molecule has 3 aromatic rings. The van der Waals surface area contributed by atoms with E-state index >= 15 is 0 Å².